The second-order valence-corrected chi connectivity index (χ2v) is 9.28. The van der Waals surface area contributed by atoms with Crippen LogP contribution in [0.5, 0.6) is 0 Å². The molecule has 3 heterocycles. The highest BCUT2D eigenvalue weighted by Crippen LogP contribution is 2.43. The molecule has 3 aromatic carbocycles. The molecule has 0 N–H and O–H groups in total. The number of rotatable bonds is 2. The van der Waals surface area contributed by atoms with E-state index < -0.39 is 0 Å². The van der Waals surface area contributed by atoms with E-state index in [-0.39, 0.29) is 0 Å². The van der Waals surface area contributed by atoms with Crippen LogP contribution in [0.2, 0.25) is 0 Å². The molecule has 166 valence electrons. The van der Waals surface area contributed by atoms with Crippen molar-refractivity contribution in [3.05, 3.63) is 83.6 Å². The number of nitriles is 1. The molecule has 0 atom stereocenters. The topological polar surface area (TPSA) is 44.1 Å². The van der Waals surface area contributed by atoms with Gasteiger partial charge >= 0.3 is 0 Å². The minimum atomic E-state index is 0.633. The number of hydrogen-bond donors (Lipinski definition) is 0. The zero-order valence-corrected chi connectivity index (χ0v) is 19.7. The van der Waals surface area contributed by atoms with Gasteiger partial charge in [-0.3, -0.25) is 0 Å². The summed E-state index contributed by atoms with van der Waals surface area (Å²) < 4.78 is 8.82. The van der Waals surface area contributed by atoms with E-state index in [1.54, 1.807) is 0 Å². The van der Waals surface area contributed by atoms with Crippen LogP contribution in [0.4, 0.5) is 5.69 Å². The van der Waals surface area contributed by atoms with Crippen LogP contribution in [0, 0.1) is 18.3 Å². The van der Waals surface area contributed by atoms with Gasteiger partial charge in [0, 0.05) is 47.7 Å². The molecule has 1 aliphatic rings. The smallest absolute Gasteiger partial charge is 0.216 e. The van der Waals surface area contributed by atoms with Crippen molar-refractivity contribution in [2.75, 3.05) is 18.5 Å². The number of furan rings is 1. The van der Waals surface area contributed by atoms with Crippen LogP contribution >= 0.6 is 0 Å². The summed E-state index contributed by atoms with van der Waals surface area (Å²) in [6.07, 6.45) is 4.32. The van der Waals surface area contributed by atoms with Crippen LogP contribution in [0.15, 0.2) is 71.3 Å². The van der Waals surface area contributed by atoms with Crippen molar-refractivity contribution in [2.24, 2.45) is 7.05 Å². The molecule has 4 heteroatoms. The van der Waals surface area contributed by atoms with Crippen molar-refractivity contribution in [3.63, 3.8) is 0 Å². The molecule has 34 heavy (non-hydrogen) atoms. The minimum Gasteiger partial charge on any atom is -0.454 e. The van der Waals surface area contributed by atoms with Gasteiger partial charge in [0.15, 0.2) is 6.20 Å². The Morgan fingerprint density at radius 3 is 2.56 bits per heavy atom. The number of fused-ring (bicyclic) bond motifs is 4. The molecular weight excluding hydrogens is 418 g/mol. The van der Waals surface area contributed by atoms with E-state index in [1.165, 1.54) is 17.7 Å². The Kier molecular flexibility index (Phi) is 4.67. The standard InChI is InChI=1S/C30H26N3O/c1-19-9-13-23-24-14-12-22(18-31)28(21-11-10-20-7-6-16-33(3)26(20)17-21)30(24)34-29(23)27(19)25-8-4-5-15-32(25)2/h4-5,8-15,17H,6-7,16H2,1-3H3/q+1. The number of benzene rings is 3. The summed E-state index contributed by atoms with van der Waals surface area (Å²) in [6.45, 7) is 3.17. The fourth-order valence-electron chi connectivity index (χ4n) is 5.40. The van der Waals surface area contributed by atoms with E-state index in [4.69, 9.17) is 4.42 Å². The van der Waals surface area contributed by atoms with E-state index in [2.05, 4.69) is 85.2 Å². The summed E-state index contributed by atoms with van der Waals surface area (Å²) >= 11 is 0. The van der Waals surface area contributed by atoms with Crippen LogP contribution < -0.4 is 9.47 Å². The predicted octanol–water partition coefficient (Wildman–Crippen LogP) is 6.31. The maximum atomic E-state index is 10.0. The number of aryl methyl sites for hydroxylation is 3. The monoisotopic (exact) mass is 444 g/mol. The van der Waals surface area contributed by atoms with Crippen molar-refractivity contribution < 1.29 is 8.98 Å². The first-order valence-corrected chi connectivity index (χ1v) is 11.7. The predicted molar refractivity (Wildman–Crippen MR) is 137 cm³/mol. The molecule has 0 unspecified atom stereocenters. The van der Waals surface area contributed by atoms with Crippen molar-refractivity contribution in [1.29, 1.82) is 5.26 Å². The number of nitrogens with zero attached hydrogens (tertiary/aromatic N) is 3. The van der Waals surface area contributed by atoms with Gasteiger partial charge in [-0.1, -0.05) is 24.3 Å². The fourth-order valence-corrected chi connectivity index (χ4v) is 5.40. The van der Waals surface area contributed by atoms with Crippen molar-refractivity contribution in [3.8, 4) is 28.5 Å². The average Bonchev–Trinajstić information content (AvgIpc) is 3.22. The first-order chi connectivity index (χ1) is 16.6. The van der Waals surface area contributed by atoms with E-state index >= 15 is 0 Å². The molecule has 5 aromatic rings. The summed E-state index contributed by atoms with van der Waals surface area (Å²) in [5.41, 5.74) is 10.1. The minimum absolute atomic E-state index is 0.633. The van der Waals surface area contributed by atoms with Gasteiger partial charge in [-0.25, -0.2) is 4.57 Å². The first kappa shape index (κ1) is 20.5. The Labute approximate surface area is 199 Å². The highest BCUT2D eigenvalue weighted by molar-refractivity contribution is 6.14. The zero-order chi connectivity index (χ0) is 23.4. The Morgan fingerprint density at radius 1 is 0.971 bits per heavy atom. The molecule has 0 saturated heterocycles. The van der Waals surface area contributed by atoms with Crippen molar-refractivity contribution in [1.82, 2.24) is 0 Å². The number of pyridine rings is 1. The summed E-state index contributed by atoms with van der Waals surface area (Å²) in [7, 11) is 4.20. The lowest BCUT2D eigenvalue weighted by molar-refractivity contribution is -0.660. The lowest BCUT2D eigenvalue weighted by Crippen LogP contribution is -2.30. The van der Waals surface area contributed by atoms with Crippen LogP contribution in [-0.4, -0.2) is 13.6 Å². The Balaban J connectivity index is 1.68. The molecule has 0 amide bonds. The maximum absolute atomic E-state index is 10.0. The fraction of sp³-hybridized carbons (Fsp3) is 0.200. The third kappa shape index (κ3) is 3.01. The van der Waals surface area contributed by atoms with Gasteiger partial charge in [-0.15, -0.1) is 0 Å². The Hall–Kier alpha value is -4.10. The summed E-state index contributed by atoms with van der Waals surface area (Å²) in [5.74, 6) is 0. The Bertz CT molecular complexity index is 1640. The molecule has 0 saturated carbocycles. The third-order valence-electron chi connectivity index (χ3n) is 7.17. The van der Waals surface area contributed by atoms with Crippen LogP contribution in [0.25, 0.3) is 44.3 Å². The highest BCUT2D eigenvalue weighted by atomic mass is 16.3. The normalized spacial score (nSPS) is 13.3. The lowest BCUT2D eigenvalue weighted by Gasteiger charge is -2.28. The van der Waals surface area contributed by atoms with Gasteiger partial charge in [0.2, 0.25) is 5.69 Å². The average molecular weight is 445 g/mol. The van der Waals surface area contributed by atoms with Gasteiger partial charge in [0.05, 0.1) is 17.2 Å². The van der Waals surface area contributed by atoms with E-state index in [0.29, 0.717) is 5.56 Å². The zero-order valence-electron chi connectivity index (χ0n) is 19.7. The number of aromatic nitrogens is 1. The van der Waals surface area contributed by atoms with E-state index in [1.807, 2.05) is 18.2 Å². The SMILES string of the molecule is Cc1ccc2c(oc3c(-c4ccc5c(c4)N(C)CCC5)c(C#N)ccc32)c1-c1cccc[n+]1C. The van der Waals surface area contributed by atoms with Crippen LogP contribution in [0.1, 0.15) is 23.1 Å². The summed E-state index contributed by atoms with van der Waals surface area (Å²) in [5, 5.41) is 12.1. The molecule has 1 aliphatic heterocycles. The number of anilines is 1. The summed E-state index contributed by atoms with van der Waals surface area (Å²) in [6, 6.07) is 23.4. The second-order valence-electron chi connectivity index (χ2n) is 9.28. The van der Waals surface area contributed by atoms with Gasteiger partial charge in [-0.2, -0.15) is 5.26 Å². The van der Waals surface area contributed by atoms with E-state index in [9.17, 15) is 5.26 Å². The van der Waals surface area contributed by atoms with Crippen LogP contribution in [0.3, 0.4) is 0 Å². The maximum Gasteiger partial charge on any atom is 0.216 e. The van der Waals surface area contributed by atoms with Gasteiger partial charge < -0.3 is 9.32 Å². The molecule has 0 fully saturated rings. The molecule has 2 aromatic heterocycles. The quantitative estimate of drug-likeness (QED) is 0.300. The largest absolute Gasteiger partial charge is 0.454 e. The van der Waals surface area contributed by atoms with Gasteiger partial charge in [0.1, 0.15) is 18.2 Å². The number of hydrogen-bond acceptors (Lipinski definition) is 3. The lowest BCUT2D eigenvalue weighted by atomic mass is 9.93. The van der Waals surface area contributed by atoms with Crippen molar-refractivity contribution in [2.45, 2.75) is 19.8 Å². The molecule has 4 nitrogen and oxygen atoms in total. The van der Waals surface area contributed by atoms with Crippen molar-refractivity contribution >= 4 is 27.6 Å². The molecule has 0 spiro atoms. The van der Waals surface area contributed by atoms with Gasteiger partial charge in [-0.05, 0) is 60.7 Å². The molecule has 0 bridgehead atoms. The highest BCUT2D eigenvalue weighted by Gasteiger charge is 2.23. The molecule has 0 radical (unpaired) electrons. The van der Waals surface area contributed by atoms with Crippen LogP contribution in [-0.2, 0) is 13.5 Å². The third-order valence-corrected chi connectivity index (χ3v) is 7.17. The van der Waals surface area contributed by atoms with Gasteiger partial charge in [0.25, 0.3) is 0 Å². The summed E-state index contributed by atoms with van der Waals surface area (Å²) in [4.78, 5) is 2.31. The first-order valence-electron chi connectivity index (χ1n) is 11.7. The molecular formula is C30H26N3O+. The molecule has 0 aliphatic carbocycles. The van der Waals surface area contributed by atoms with E-state index in [0.717, 1.165) is 62.9 Å². The Morgan fingerprint density at radius 2 is 1.76 bits per heavy atom. The second kappa shape index (κ2) is 7.74. The molecule has 6 rings (SSSR count).